The Hall–Kier alpha value is -1.97. The van der Waals surface area contributed by atoms with Gasteiger partial charge in [0.2, 0.25) is 5.91 Å². The van der Waals surface area contributed by atoms with Gasteiger partial charge in [-0.25, -0.2) is 4.98 Å². The predicted octanol–water partition coefficient (Wildman–Crippen LogP) is 3.16. The molecule has 9 heteroatoms. The Kier molecular flexibility index (Phi) is 6.58. The van der Waals surface area contributed by atoms with Crippen LogP contribution >= 0.6 is 11.6 Å². The second-order valence-electron chi connectivity index (χ2n) is 11.0. The van der Waals surface area contributed by atoms with E-state index in [1.54, 1.807) is 6.20 Å². The summed E-state index contributed by atoms with van der Waals surface area (Å²) in [5, 5.41) is 16.1. The van der Waals surface area contributed by atoms with Gasteiger partial charge < -0.3 is 24.8 Å². The van der Waals surface area contributed by atoms with E-state index in [4.69, 9.17) is 21.1 Å². The van der Waals surface area contributed by atoms with Crippen LogP contribution in [0.1, 0.15) is 26.2 Å². The van der Waals surface area contributed by atoms with Crippen molar-refractivity contribution >= 4 is 39.8 Å². The Balaban J connectivity index is 1.13. The summed E-state index contributed by atoms with van der Waals surface area (Å²) in [6, 6.07) is 6.00. The summed E-state index contributed by atoms with van der Waals surface area (Å²) in [6.45, 7) is 7.97. The number of benzene rings is 1. The molecule has 6 rings (SSSR count). The van der Waals surface area contributed by atoms with Crippen molar-refractivity contribution in [2.24, 2.45) is 17.8 Å². The highest BCUT2D eigenvalue weighted by molar-refractivity contribution is 6.34. The highest BCUT2D eigenvalue weighted by Gasteiger charge is 2.48. The molecule has 1 aliphatic carbocycles. The average Bonchev–Trinajstić information content (AvgIpc) is 3.63. The van der Waals surface area contributed by atoms with E-state index in [9.17, 15) is 9.90 Å². The van der Waals surface area contributed by atoms with Gasteiger partial charge in [0.15, 0.2) is 0 Å². The number of amides is 1. The van der Waals surface area contributed by atoms with Crippen LogP contribution in [-0.2, 0) is 14.3 Å². The zero-order chi connectivity index (χ0) is 24.9. The van der Waals surface area contributed by atoms with E-state index in [1.165, 1.54) is 0 Å². The molecule has 1 aromatic carbocycles. The number of piperazine rings is 1. The molecule has 0 bridgehead atoms. The first kappa shape index (κ1) is 24.4. The second kappa shape index (κ2) is 9.72. The van der Waals surface area contributed by atoms with Crippen molar-refractivity contribution in [1.29, 1.82) is 0 Å². The Morgan fingerprint density at radius 2 is 1.92 bits per heavy atom. The fourth-order valence-corrected chi connectivity index (χ4v) is 6.57. The van der Waals surface area contributed by atoms with E-state index < -0.39 is 6.10 Å². The number of aromatic nitrogens is 1. The minimum Gasteiger partial charge on any atom is -0.389 e. The quantitative estimate of drug-likeness (QED) is 0.633. The van der Waals surface area contributed by atoms with Crippen LogP contribution in [-0.4, -0.2) is 85.1 Å². The molecule has 0 radical (unpaired) electrons. The number of aliphatic hydroxyl groups excluding tert-OH is 1. The number of hydrogen-bond acceptors (Lipinski definition) is 7. The summed E-state index contributed by atoms with van der Waals surface area (Å²) in [4.78, 5) is 22.0. The summed E-state index contributed by atoms with van der Waals surface area (Å²) in [5.74, 6) is 1.85. The number of carbonyl (C=O) groups excluding carboxylic acids is 1. The number of nitrogens with one attached hydrogen (secondary N) is 1. The molecular weight excluding hydrogens is 480 g/mol. The van der Waals surface area contributed by atoms with Crippen LogP contribution in [0, 0.1) is 17.8 Å². The van der Waals surface area contributed by atoms with E-state index in [0.29, 0.717) is 35.9 Å². The normalized spacial score (nSPS) is 31.6. The van der Waals surface area contributed by atoms with Crippen molar-refractivity contribution in [2.45, 2.75) is 37.8 Å². The van der Waals surface area contributed by atoms with Gasteiger partial charge in [0.05, 0.1) is 35.6 Å². The molecule has 3 saturated heterocycles. The van der Waals surface area contributed by atoms with Gasteiger partial charge in [0.1, 0.15) is 5.82 Å². The summed E-state index contributed by atoms with van der Waals surface area (Å²) in [6.07, 6.45) is 4.42. The smallest absolute Gasteiger partial charge is 0.228 e. The third-order valence-corrected chi connectivity index (χ3v) is 9.12. The number of carbonyl (C=O) groups is 1. The van der Waals surface area contributed by atoms with Crippen LogP contribution in [0.4, 0.5) is 11.5 Å². The molecule has 4 heterocycles. The van der Waals surface area contributed by atoms with E-state index in [0.717, 1.165) is 75.1 Å². The molecule has 36 heavy (non-hydrogen) atoms. The highest BCUT2D eigenvalue weighted by atomic mass is 35.5. The Morgan fingerprint density at radius 1 is 1.14 bits per heavy atom. The number of fused-ring (bicyclic) bond motifs is 1. The number of anilines is 2. The van der Waals surface area contributed by atoms with E-state index in [2.05, 4.69) is 33.1 Å². The molecule has 3 aliphatic heterocycles. The first-order valence-electron chi connectivity index (χ1n) is 13.2. The molecule has 4 fully saturated rings. The lowest BCUT2D eigenvalue weighted by Crippen LogP contribution is -2.60. The molecule has 4 atom stereocenters. The van der Waals surface area contributed by atoms with Crippen LogP contribution in [0.2, 0.25) is 5.02 Å². The minimum atomic E-state index is -0.461. The number of hydrogen-bond donors (Lipinski definition) is 2. The van der Waals surface area contributed by atoms with Crippen LogP contribution in [0.3, 0.4) is 0 Å². The summed E-state index contributed by atoms with van der Waals surface area (Å²) in [7, 11) is 0. The molecule has 8 nitrogen and oxygen atoms in total. The van der Waals surface area contributed by atoms with Crippen molar-refractivity contribution in [3.8, 4) is 0 Å². The lowest BCUT2D eigenvalue weighted by atomic mass is 9.93. The van der Waals surface area contributed by atoms with Crippen molar-refractivity contribution in [2.75, 3.05) is 62.8 Å². The van der Waals surface area contributed by atoms with Gasteiger partial charge in [-0.3, -0.25) is 9.69 Å². The third kappa shape index (κ3) is 4.58. The first-order valence-corrected chi connectivity index (χ1v) is 13.5. The summed E-state index contributed by atoms with van der Waals surface area (Å²) in [5.41, 5.74) is 0.658. The monoisotopic (exact) mass is 514 g/mol. The van der Waals surface area contributed by atoms with Crippen molar-refractivity contribution in [3.63, 3.8) is 0 Å². The standard InChI is InChI=1S/C27H35ClN4O4/c1-27(16-36-15-24(27)33)32-6-4-31(5-7-32)23-11-18-12-25(29-14-19(18)10-22(23)28)30-26(34)21-13-20(21)17-2-8-35-9-3-17/h10-12,14,17,20-21,24,33H,2-9,13,15-16H2,1H3,(H,29,30,34)/t20-,21-,24-,27+/m1/s1. The predicted molar refractivity (Wildman–Crippen MR) is 140 cm³/mol. The van der Waals surface area contributed by atoms with Gasteiger partial charge in [-0.2, -0.15) is 0 Å². The molecule has 1 aromatic heterocycles. The van der Waals surface area contributed by atoms with Crippen LogP contribution in [0.5, 0.6) is 0 Å². The Labute approximate surface area is 216 Å². The van der Waals surface area contributed by atoms with Crippen molar-refractivity contribution in [1.82, 2.24) is 9.88 Å². The zero-order valence-electron chi connectivity index (χ0n) is 20.8. The number of rotatable bonds is 5. The molecule has 0 spiro atoms. The molecule has 2 N–H and O–H groups in total. The number of aliphatic hydroxyl groups is 1. The SMILES string of the molecule is C[C@]1(N2CCN(c3cc4cc(NC(=O)[C@@H]5C[C@@H]5C5CCOCC5)ncc4cc3Cl)CC2)COC[C@H]1O. The summed E-state index contributed by atoms with van der Waals surface area (Å²) < 4.78 is 11.0. The van der Waals surface area contributed by atoms with Crippen LogP contribution < -0.4 is 10.2 Å². The molecule has 2 aromatic rings. The molecule has 1 saturated carbocycles. The summed E-state index contributed by atoms with van der Waals surface area (Å²) >= 11 is 6.69. The van der Waals surface area contributed by atoms with Gasteiger partial charge in [-0.05, 0) is 61.6 Å². The average molecular weight is 515 g/mol. The maximum absolute atomic E-state index is 12.9. The maximum Gasteiger partial charge on any atom is 0.228 e. The van der Waals surface area contributed by atoms with Gasteiger partial charge in [-0.1, -0.05) is 11.6 Å². The molecule has 194 valence electrons. The van der Waals surface area contributed by atoms with Gasteiger partial charge in [-0.15, -0.1) is 0 Å². The van der Waals surface area contributed by atoms with Crippen molar-refractivity contribution in [3.05, 3.63) is 29.4 Å². The number of nitrogens with zero attached hydrogens (tertiary/aromatic N) is 3. The third-order valence-electron chi connectivity index (χ3n) is 8.82. The Morgan fingerprint density at radius 3 is 2.64 bits per heavy atom. The minimum absolute atomic E-state index is 0.0789. The van der Waals surface area contributed by atoms with Crippen LogP contribution in [0.25, 0.3) is 10.8 Å². The fourth-order valence-electron chi connectivity index (χ4n) is 6.28. The molecule has 1 amide bonds. The molecule has 4 aliphatic rings. The number of pyridine rings is 1. The lowest BCUT2D eigenvalue weighted by Gasteiger charge is -2.45. The van der Waals surface area contributed by atoms with E-state index in [-0.39, 0.29) is 17.4 Å². The van der Waals surface area contributed by atoms with Crippen LogP contribution in [0.15, 0.2) is 24.4 Å². The molecule has 0 unspecified atom stereocenters. The second-order valence-corrected chi connectivity index (χ2v) is 11.4. The molecular formula is C27H35ClN4O4. The van der Waals surface area contributed by atoms with Gasteiger partial charge in [0.25, 0.3) is 0 Å². The largest absolute Gasteiger partial charge is 0.389 e. The zero-order valence-corrected chi connectivity index (χ0v) is 21.5. The van der Waals surface area contributed by atoms with E-state index in [1.807, 2.05) is 12.1 Å². The van der Waals surface area contributed by atoms with Crippen molar-refractivity contribution < 1.29 is 19.4 Å². The van der Waals surface area contributed by atoms with Gasteiger partial charge >= 0.3 is 0 Å². The first-order chi connectivity index (χ1) is 17.4. The Bertz CT molecular complexity index is 1130. The van der Waals surface area contributed by atoms with Gasteiger partial charge in [0, 0.05) is 56.9 Å². The number of ether oxygens (including phenoxy) is 2. The number of halogens is 1. The maximum atomic E-state index is 12.9. The fraction of sp³-hybridized carbons (Fsp3) is 0.630. The lowest BCUT2D eigenvalue weighted by molar-refractivity contribution is -0.117. The highest BCUT2D eigenvalue weighted by Crippen LogP contribution is 2.48. The van der Waals surface area contributed by atoms with E-state index >= 15 is 0 Å². The topological polar surface area (TPSA) is 87.2 Å².